The number of nitro groups is 1. The summed E-state index contributed by atoms with van der Waals surface area (Å²) in [4.78, 5) is 10.00. The Balaban J connectivity index is 2.88. The minimum atomic E-state index is -0.576. The lowest BCUT2D eigenvalue weighted by molar-refractivity contribution is -0.383. The predicted octanol–water partition coefficient (Wildman–Crippen LogP) is 2.39. The Kier molecular flexibility index (Phi) is 1.66. The van der Waals surface area contributed by atoms with Gasteiger partial charge in [-0.15, -0.1) is 0 Å². The molecule has 0 N–H and O–H groups in total. The molecule has 0 amide bonds. The molecular weight excluding hydrogens is 196 g/mol. The molecule has 66 valence electrons. The second kappa shape index (κ2) is 2.70. The predicted molar refractivity (Wildman–Crippen MR) is 45.7 cm³/mol. The number of halogens is 1. The third kappa shape index (κ3) is 1.13. The molecular formula is C7H3ClN2O3. The monoisotopic (exact) mass is 198 g/mol. The fourth-order valence-corrected chi connectivity index (χ4v) is 1.29. The smallest absolute Gasteiger partial charge is 0.317 e. The van der Waals surface area contributed by atoms with E-state index in [0.29, 0.717) is 5.39 Å². The van der Waals surface area contributed by atoms with Gasteiger partial charge in [0.1, 0.15) is 11.3 Å². The average molecular weight is 199 g/mol. The first-order valence-electron chi connectivity index (χ1n) is 3.37. The maximum atomic E-state index is 10.6. The van der Waals surface area contributed by atoms with Crippen LogP contribution < -0.4 is 0 Å². The van der Waals surface area contributed by atoms with Crippen LogP contribution in [0.25, 0.3) is 10.9 Å². The molecule has 1 aromatic heterocycles. The zero-order chi connectivity index (χ0) is 9.42. The molecule has 0 unspecified atom stereocenters. The first-order chi connectivity index (χ1) is 6.20. The summed E-state index contributed by atoms with van der Waals surface area (Å²) in [6.07, 6.45) is 1.33. The highest BCUT2D eigenvalue weighted by atomic mass is 35.5. The van der Waals surface area contributed by atoms with E-state index >= 15 is 0 Å². The van der Waals surface area contributed by atoms with Gasteiger partial charge in [-0.1, -0.05) is 16.8 Å². The summed E-state index contributed by atoms with van der Waals surface area (Å²) >= 11 is 5.63. The van der Waals surface area contributed by atoms with E-state index in [2.05, 4.69) is 9.68 Å². The molecule has 1 aromatic carbocycles. The minimum absolute atomic E-state index is 0.0615. The first kappa shape index (κ1) is 8.00. The van der Waals surface area contributed by atoms with Gasteiger partial charge in [-0.05, 0) is 12.1 Å². The summed E-state index contributed by atoms with van der Waals surface area (Å²) in [7, 11) is 0. The van der Waals surface area contributed by atoms with Crippen molar-refractivity contribution in [3.63, 3.8) is 0 Å². The molecule has 0 spiro atoms. The van der Waals surface area contributed by atoms with Crippen molar-refractivity contribution in [2.24, 2.45) is 0 Å². The summed E-state index contributed by atoms with van der Waals surface area (Å²) in [6, 6.07) is 3.06. The Hall–Kier alpha value is -1.62. The van der Waals surface area contributed by atoms with Gasteiger partial charge < -0.3 is 4.52 Å². The van der Waals surface area contributed by atoms with Crippen LogP contribution in [-0.2, 0) is 0 Å². The third-order valence-corrected chi connectivity index (χ3v) is 1.94. The van der Waals surface area contributed by atoms with Crippen molar-refractivity contribution >= 4 is 28.2 Å². The van der Waals surface area contributed by atoms with Gasteiger partial charge in [0.15, 0.2) is 5.52 Å². The molecule has 0 saturated carbocycles. The Bertz CT molecular complexity index is 480. The number of nitro benzene ring substituents is 1. The normalized spacial score (nSPS) is 10.5. The fourth-order valence-electron chi connectivity index (χ4n) is 1.07. The van der Waals surface area contributed by atoms with Crippen LogP contribution in [0.2, 0.25) is 5.02 Å². The lowest BCUT2D eigenvalue weighted by Gasteiger charge is -1.93. The Morgan fingerprint density at radius 3 is 3.00 bits per heavy atom. The number of hydrogen-bond donors (Lipinski definition) is 0. The van der Waals surface area contributed by atoms with E-state index in [0.717, 1.165) is 0 Å². The van der Waals surface area contributed by atoms with E-state index in [1.54, 1.807) is 6.07 Å². The number of aromatic nitrogens is 1. The summed E-state index contributed by atoms with van der Waals surface area (Å²) < 4.78 is 4.60. The second-order valence-electron chi connectivity index (χ2n) is 2.41. The van der Waals surface area contributed by atoms with Crippen molar-refractivity contribution < 1.29 is 9.45 Å². The number of nitrogens with zero attached hydrogens (tertiary/aromatic N) is 2. The van der Waals surface area contributed by atoms with E-state index in [4.69, 9.17) is 11.6 Å². The highest BCUT2D eigenvalue weighted by molar-refractivity contribution is 6.33. The molecule has 2 aromatic rings. The molecule has 0 aliphatic carbocycles. The zero-order valence-corrected chi connectivity index (χ0v) is 6.99. The van der Waals surface area contributed by atoms with Crippen LogP contribution in [0.4, 0.5) is 5.69 Å². The van der Waals surface area contributed by atoms with Crippen molar-refractivity contribution in [3.8, 4) is 0 Å². The van der Waals surface area contributed by atoms with Gasteiger partial charge in [-0.2, -0.15) is 0 Å². The van der Waals surface area contributed by atoms with Crippen molar-refractivity contribution in [1.82, 2.24) is 5.16 Å². The molecule has 0 aliphatic rings. The van der Waals surface area contributed by atoms with Crippen LogP contribution in [0, 0.1) is 10.1 Å². The number of rotatable bonds is 1. The average Bonchev–Trinajstić information content (AvgIpc) is 2.50. The van der Waals surface area contributed by atoms with Crippen molar-refractivity contribution in [3.05, 3.63) is 33.5 Å². The summed E-state index contributed by atoms with van der Waals surface area (Å²) in [5.74, 6) is 0. The highest BCUT2D eigenvalue weighted by Crippen LogP contribution is 2.31. The van der Waals surface area contributed by atoms with Crippen molar-refractivity contribution in [1.29, 1.82) is 0 Å². The molecule has 0 fully saturated rings. The van der Waals surface area contributed by atoms with E-state index < -0.39 is 4.92 Å². The molecule has 0 atom stereocenters. The van der Waals surface area contributed by atoms with Gasteiger partial charge in [0.2, 0.25) is 0 Å². The number of hydrogen-bond acceptors (Lipinski definition) is 4. The van der Waals surface area contributed by atoms with E-state index in [1.807, 2.05) is 0 Å². The minimum Gasteiger partial charge on any atom is -0.363 e. The zero-order valence-electron chi connectivity index (χ0n) is 6.23. The van der Waals surface area contributed by atoms with Gasteiger partial charge in [-0.3, -0.25) is 10.1 Å². The van der Waals surface area contributed by atoms with Crippen LogP contribution in [0.1, 0.15) is 0 Å². The molecule has 0 saturated heterocycles. The summed E-state index contributed by atoms with van der Waals surface area (Å²) in [5, 5.41) is 14.7. The molecule has 6 heteroatoms. The SMILES string of the molecule is O=[N+]([O-])c1c(Cl)ccc2conc12. The standard InChI is InChI=1S/C7H3ClN2O3/c8-5-2-1-4-3-13-9-6(4)7(5)10(11)12/h1-3H. The lowest BCUT2D eigenvalue weighted by atomic mass is 10.2. The van der Waals surface area contributed by atoms with Crippen LogP contribution in [0.15, 0.2) is 22.9 Å². The lowest BCUT2D eigenvalue weighted by Crippen LogP contribution is -1.90. The van der Waals surface area contributed by atoms with Crippen LogP contribution in [-0.4, -0.2) is 10.1 Å². The highest BCUT2D eigenvalue weighted by Gasteiger charge is 2.19. The number of fused-ring (bicyclic) bond motifs is 1. The van der Waals surface area contributed by atoms with Gasteiger partial charge in [-0.25, -0.2) is 0 Å². The van der Waals surface area contributed by atoms with Crippen LogP contribution in [0.5, 0.6) is 0 Å². The van der Waals surface area contributed by atoms with Gasteiger partial charge in [0.05, 0.1) is 4.92 Å². The molecule has 5 nitrogen and oxygen atoms in total. The Morgan fingerprint density at radius 1 is 1.54 bits per heavy atom. The van der Waals surface area contributed by atoms with E-state index in [1.165, 1.54) is 12.3 Å². The summed E-state index contributed by atoms with van der Waals surface area (Å²) in [5.41, 5.74) is -0.0367. The molecule has 0 radical (unpaired) electrons. The van der Waals surface area contributed by atoms with Crippen LogP contribution >= 0.6 is 11.6 Å². The molecule has 13 heavy (non-hydrogen) atoms. The molecule has 0 bridgehead atoms. The Morgan fingerprint density at radius 2 is 2.31 bits per heavy atom. The molecule has 0 aliphatic heterocycles. The van der Waals surface area contributed by atoms with Crippen LogP contribution in [0.3, 0.4) is 0 Å². The fraction of sp³-hybridized carbons (Fsp3) is 0. The van der Waals surface area contributed by atoms with Gasteiger partial charge >= 0.3 is 5.69 Å². The number of benzene rings is 1. The van der Waals surface area contributed by atoms with E-state index in [9.17, 15) is 10.1 Å². The molecule has 2 rings (SSSR count). The maximum absolute atomic E-state index is 10.6. The largest absolute Gasteiger partial charge is 0.363 e. The topological polar surface area (TPSA) is 69.2 Å². The quantitative estimate of drug-likeness (QED) is 0.521. The van der Waals surface area contributed by atoms with Gasteiger partial charge in [0.25, 0.3) is 0 Å². The third-order valence-electron chi connectivity index (χ3n) is 1.64. The molecule has 1 heterocycles. The first-order valence-corrected chi connectivity index (χ1v) is 3.75. The van der Waals surface area contributed by atoms with Crippen molar-refractivity contribution in [2.75, 3.05) is 0 Å². The van der Waals surface area contributed by atoms with Crippen molar-refractivity contribution in [2.45, 2.75) is 0 Å². The Labute approximate surface area is 77.0 Å². The van der Waals surface area contributed by atoms with Gasteiger partial charge in [0, 0.05) is 5.39 Å². The van der Waals surface area contributed by atoms with E-state index in [-0.39, 0.29) is 16.2 Å². The maximum Gasteiger partial charge on any atom is 0.317 e. The summed E-state index contributed by atoms with van der Waals surface area (Å²) in [6.45, 7) is 0. The second-order valence-corrected chi connectivity index (χ2v) is 2.81.